The molecule has 0 radical (unpaired) electrons. The van der Waals surface area contributed by atoms with Crippen LogP contribution in [0.1, 0.15) is 27.2 Å². The van der Waals surface area contributed by atoms with Gasteiger partial charge in [0.2, 0.25) is 0 Å². The molecule has 1 saturated heterocycles. The van der Waals surface area contributed by atoms with E-state index in [0.717, 1.165) is 39.3 Å². The smallest absolute Gasteiger partial charge is 0.108 e. The van der Waals surface area contributed by atoms with Crippen LogP contribution >= 0.6 is 0 Å². The summed E-state index contributed by atoms with van der Waals surface area (Å²) < 4.78 is 0. The Kier molecular flexibility index (Phi) is 6.49. The molecule has 2 atom stereocenters. The zero-order valence-corrected chi connectivity index (χ0v) is 11.4. The summed E-state index contributed by atoms with van der Waals surface area (Å²) >= 11 is 0. The molecule has 0 bridgehead atoms. The van der Waals surface area contributed by atoms with Gasteiger partial charge in [0, 0.05) is 38.8 Å². The van der Waals surface area contributed by atoms with Gasteiger partial charge in [-0.2, -0.15) is 5.26 Å². The molecule has 2 unspecified atom stereocenters. The summed E-state index contributed by atoms with van der Waals surface area (Å²) in [6.07, 6.45) is 1.22. The zero-order valence-electron chi connectivity index (χ0n) is 11.4. The quantitative estimate of drug-likeness (QED) is 0.747. The lowest BCUT2D eigenvalue weighted by Crippen LogP contribution is -2.52. The van der Waals surface area contributed by atoms with Gasteiger partial charge in [0.15, 0.2) is 0 Å². The second kappa shape index (κ2) is 7.65. The fourth-order valence-electron chi connectivity index (χ4n) is 2.30. The third-order valence-corrected chi connectivity index (χ3v) is 3.67. The molecule has 0 aromatic heterocycles. The molecule has 0 aromatic carbocycles. The van der Waals surface area contributed by atoms with E-state index in [1.807, 2.05) is 6.92 Å². The Morgan fingerprint density at radius 3 is 2.35 bits per heavy atom. The first-order valence-corrected chi connectivity index (χ1v) is 6.80. The average molecular weight is 238 g/mol. The molecule has 0 aromatic rings. The Morgan fingerprint density at radius 2 is 1.88 bits per heavy atom. The van der Waals surface area contributed by atoms with Gasteiger partial charge in [-0.25, -0.2) is 0 Å². The maximum Gasteiger partial charge on any atom is 0.108 e. The molecule has 1 aliphatic heterocycles. The van der Waals surface area contributed by atoms with E-state index in [1.165, 1.54) is 6.42 Å². The van der Waals surface area contributed by atoms with E-state index in [0.29, 0.717) is 6.04 Å². The minimum atomic E-state index is -0.0184. The molecule has 0 saturated carbocycles. The number of likely N-dealkylation sites (N-methyl/N-ethyl adjacent to an activating group) is 1. The third kappa shape index (κ3) is 4.63. The molecular formula is C13H26N4. The van der Waals surface area contributed by atoms with Gasteiger partial charge in [-0.3, -0.25) is 9.80 Å². The molecule has 1 heterocycles. The van der Waals surface area contributed by atoms with Crippen LogP contribution in [-0.2, 0) is 0 Å². The molecule has 0 aliphatic carbocycles. The molecular weight excluding hydrogens is 212 g/mol. The summed E-state index contributed by atoms with van der Waals surface area (Å²) in [5, 5.41) is 12.2. The Morgan fingerprint density at radius 1 is 1.24 bits per heavy atom. The number of piperazine rings is 1. The lowest BCUT2D eigenvalue weighted by atomic mass is 10.2. The summed E-state index contributed by atoms with van der Waals surface area (Å²) in [7, 11) is 0. The summed E-state index contributed by atoms with van der Waals surface area (Å²) in [6, 6.07) is 3.00. The van der Waals surface area contributed by atoms with E-state index in [1.54, 1.807) is 0 Å². The maximum absolute atomic E-state index is 9.02. The molecule has 17 heavy (non-hydrogen) atoms. The standard InChI is InChI=1S/C13H26N4/c1-4-12(3)17-8-6-16(7-9-17)11-13(10-14)15-5-2/h12-13,15H,4-9,11H2,1-3H3. The number of nitrogens with one attached hydrogen (secondary N) is 1. The zero-order chi connectivity index (χ0) is 12.7. The summed E-state index contributed by atoms with van der Waals surface area (Å²) in [5.41, 5.74) is 0. The second-order valence-electron chi connectivity index (χ2n) is 4.83. The maximum atomic E-state index is 9.02. The number of nitriles is 1. The van der Waals surface area contributed by atoms with Crippen LogP contribution in [-0.4, -0.2) is 61.2 Å². The first-order chi connectivity index (χ1) is 8.21. The third-order valence-electron chi connectivity index (χ3n) is 3.67. The fourth-order valence-corrected chi connectivity index (χ4v) is 2.30. The van der Waals surface area contributed by atoms with Crippen molar-refractivity contribution in [3.63, 3.8) is 0 Å². The van der Waals surface area contributed by atoms with Crippen LogP contribution in [0.4, 0.5) is 0 Å². The van der Waals surface area contributed by atoms with Gasteiger partial charge in [-0.15, -0.1) is 0 Å². The van der Waals surface area contributed by atoms with Crippen LogP contribution in [0.2, 0.25) is 0 Å². The van der Waals surface area contributed by atoms with Crippen molar-refractivity contribution in [3.05, 3.63) is 0 Å². The normalized spacial score (nSPS) is 22.0. The molecule has 0 spiro atoms. The molecule has 4 nitrogen and oxygen atoms in total. The van der Waals surface area contributed by atoms with Crippen molar-refractivity contribution in [2.45, 2.75) is 39.3 Å². The topological polar surface area (TPSA) is 42.3 Å². The highest BCUT2D eigenvalue weighted by Gasteiger charge is 2.21. The molecule has 1 N–H and O–H groups in total. The van der Waals surface area contributed by atoms with Crippen LogP contribution in [0, 0.1) is 11.3 Å². The highest BCUT2D eigenvalue weighted by molar-refractivity contribution is 4.92. The Balaban J connectivity index is 2.29. The van der Waals surface area contributed by atoms with Crippen molar-refractivity contribution in [3.8, 4) is 6.07 Å². The number of nitrogens with zero attached hydrogens (tertiary/aromatic N) is 3. The van der Waals surface area contributed by atoms with E-state index in [9.17, 15) is 0 Å². The van der Waals surface area contributed by atoms with Crippen molar-refractivity contribution in [1.82, 2.24) is 15.1 Å². The molecule has 4 heteroatoms. The van der Waals surface area contributed by atoms with E-state index >= 15 is 0 Å². The molecule has 1 fully saturated rings. The highest BCUT2D eigenvalue weighted by atomic mass is 15.3. The summed E-state index contributed by atoms with van der Waals surface area (Å²) in [5.74, 6) is 0. The monoisotopic (exact) mass is 238 g/mol. The van der Waals surface area contributed by atoms with Crippen LogP contribution in [0.5, 0.6) is 0 Å². The number of hydrogen-bond acceptors (Lipinski definition) is 4. The van der Waals surface area contributed by atoms with Crippen molar-refractivity contribution in [2.24, 2.45) is 0 Å². The van der Waals surface area contributed by atoms with Crippen molar-refractivity contribution in [2.75, 3.05) is 39.3 Å². The van der Waals surface area contributed by atoms with Crippen LogP contribution in [0.15, 0.2) is 0 Å². The molecule has 1 aliphatic rings. The lowest BCUT2D eigenvalue weighted by Gasteiger charge is -2.38. The van der Waals surface area contributed by atoms with Crippen molar-refractivity contribution in [1.29, 1.82) is 5.26 Å². The Labute approximate surface area is 106 Å². The number of hydrogen-bond donors (Lipinski definition) is 1. The second-order valence-corrected chi connectivity index (χ2v) is 4.83. The van der Waals surface area contributed by atoms with Gasteiger partial charge in [-0.1, -0.05) is 13.8 Å². The summed E-state index contributed by atoms with van der Waals surface area (Å²) in [4.78, 5) is 4.94. The van der Waals surface area contributed by atoms with Gasteiger partial charge in [0.1, 0.15) is 6.04 Å². The predicted molar refractivity (Wildman–Crippen MR) is 70.8 cm³/mol. The van der Waals surface area contributed by atoms with Gasteiger partial charge in [0.25, 0.3) is 0 Å². The first kappa shape index (κ1) is 14.4. The van der Waals surface area contributed by atoms with E-state index < -0.39 is 0 Å². The first-order valence-electron chi connectivity index (χ1n) is 6.80. The lowest BCUT2D eigenvalue weighted by molar-refractivity contribution is 0.0977. The van der Waals surface area contributed by atoms with E-state index in [-0.39, 0.29) is 6.04 Å². The Bertz CT molecular complexity index is 240. The fraction of sp³-hybridized carbons (Fsp3) is 0.923. The predicted octanol–water partition coefficient (Wildman–Crippen LogP) is 0.904. The minimum absolute atomic E-state index is 0.0184. The summed E-state index contributed by atoms with van der Waals surface area (Å²) in [6.45, 7) is 12.8. The van der Waals surface area contributed by atoms with Crippen LogP contribution in [0.25, 0.3) is 0 Å². The van der Waals surface area contributed by atoms with Gasteiger partial charge in [0.05, 0.1) is 6.07 Å². The van der Waals surface area contributed by atoms with E-state index in [2.05, 4.69) is 35.0 Å². The highest BCUT2D eigenvalue weighted by Crippen LogP contribution is 2.08. The largest absolute Gasteiger partial charge is 0.301 e. The molecule has 0 amide bonds. The minimum Gasteiger partial charge on any atom is -0.301 e. The van der Waals surface area contributed by atoms with Crippen LogP contribution in [0.3, 0.4) is 0 Å². The van der Waals surface area contributed by atoms with Crippen molar-refractivity contribution < 1.29 is 0 Å². The van der Waals surface area contributed by atoms with Crippen molar-refractivity contribution >= 4 is 0 Å². The van der Waals surface area contributed by atoms with Gasteiger partial charge < -0.3 is 5.32 Å². The van der Waals surface area contributed by atoms with E-state index in [4.69, 9.17) is 5.26 Å². The Hall–Kier alpha value is -0.630. The van der Waals surface area contributed by atoms with Crippen LogP contribution < -0.4 is 5.32 Å². The molecule has 1 rings (SSSR count). The van der Waals surface area contributed by atoms with Gasteiger partial charge >= 0.3 is 0 Å². The SMILES string of the molecule is CCNC(C#N)CN1CCN(C(C)CC)CC1. The number of rotatable bonds is 6. The van der Waals surface area contributed by atoms with Gasteiger partial charge in [-0.05, 0) is 19.9 Å². The average Bonchev–Trinajstić information content (AvgIpc) is 2.38. The molecule has 98 valence electrons.